The van der Waals surface area contributed by atoms with Gasteiger partial charge >= 0.3 is 6.36 Å². The van der Waals surface area contributed by atoms with Crippen molar-refractivity contribution in [1.82, 2.24) is 14.7 Å². The number of carbonyl (C=O) groups excluding carboxylic acids is 1. The van der Waals surface area contributed by atoms with Gasteiger partial charge in [0.25, 0.3) is 0 Å². The average molecular weight is 505 g/mol. The fourth-order valence-corrected chi connectivity index (χ4v) is 4.58. The van der Waals surface area contributed by atoms with Crippen LogP contribution in [0.4, 0.5) is 18.9 Å². The Bertz CT molecular complexity index is 1040. The van der Waals surface area contributed by atoms with E-state index in [1.807, 2.05) is 31.1 Å². The van der Waals surface area contributed by atoms with Gasteiger partial charge in [0.1, 0.15) is 5.75 Å². The molecule has 2 aliphatic rings. The molecule has 0 unspecified atom stereocenters. The van der Waals surface area contributed by atoms with Gasteiger partial charge in [-0.3, -0.25) is 9.69 Å². The Kier molecular flexibility index (Phi) is 8.41. The van der Waals surface area contributed by atoms with E-state index in [1.54, 1.807) is 11.0 Å². The van der Waals surface area contributed by atoms with Gasteiger partial charge in [-0.15, -0.1) is 13.2 Å². The van der Waals surface area contributed by atoms with Crippen LogP contribution in [0, 0.1) is 5.92 Å². The highest BCUT2D eigenvalue weighted by Crippen LogP contribution is 2.33. The van der Waals surface area contributed by atoms with Crippen LogP contribution in [0.5, 0.6) is 5.75 Å². The van der Waals surface area contributed by atoms with Gasteiger partial charge < -0.3 is 19.9 Å². The van der Waals surface area contributed by atoms with Gasteiger partial charge in [0.05, 0.1) is 6.54 Å². The van der Waals surface area contributed by atoms with Crippen LogP contribution in [0.15, 0.2) is 42.5 Å². The Morgan fingerprint density at radius 1 is 1.14 bits per heavy atom. The second-order valence-electron chi connectivity index (χ2n) is 10.0. The van der Waals surface area contributed by atoms with Crippen LogP contribution < -0.4 is 10.1 Å². The summed E-state index contributed by atoms with van der Waals surface area (Å²) in [4.78, 5) is 19.4. The molecule has 1 aliphatic carbocycles. The standard InChI is InChI=1S/C27H35F3N4O2/c1-32(2)13-14-34(18-21-5-3-7-23(15-21)36-27(28,29)30)26(35)16-31-25-8-4-6-22-11-12-33(19-24(22)25)17-20-9-10-20/h3-8,15,20,31H,9-14,16-19H2,1-2H3. The lowest BCUT2D eigenvalue weighted by Gasteiger charge is -2.31. The first-order valence-corrected chi connectivity index (χ1v) is 12.5. The molecule has 1 fully saturated rings. The second-order valence-corrected chi connectivity index (χ2v) is 10.0. The summed E-state index contributed by atoms with van der Waals surface area (Å²) in [6.45, 7) is 4.51. The lowest BCUT2D eigenvalue weighted by molar-refractivity contribution is -0.274. The van der Waals surface area contributed by atoms with Gasteiger partial charge in [0.2, 0.25) is 5.91 Å². The molecule has 2 aromatic rings. The fourth-order valence-electron chi connectivity index (χ4n) is 4.58. The monoisotopic (exact) mass is 504 g/mol. The zero-order valence-corrected chi connectivity index (χ0v) is 21.0. The highest BCUT2D eigenvalue weighted by Gasteiger charge is 2.31. The van der Waals surface area contributed by atoms with Gasteiger partial charge in [-0.1, -0.05) is 24.3 Å². The molecule has 0 radical (unpaired) electrons. The first-order valence-electron chi connectivity index (χ1n) is 12.5. The largest absolute Gasteiger partial charge is 0.573 e. The van der Waals surface area contributed by atoms with Crippen LogP contribution in [0.1, 0.15) is 29.5 Å². The molecule has 2 aromatic carbocycles. The molecule has 9 heteroatoms. The van der Waals surface area contributed by atoms with Crippen LogP contribution in [-0.4, -0.2) is 73.8 Å². The number of benzene rings is 2. The molecule has 4 rings (SSSR count). The lowest BCUT2D eigenvalue weighted by atomic mass is 9.97. The lowest BCUT2D eigenvalue weighted by Crippen LogP contribution is -2.39. The zero-order valence-electron chi connectivity index (χ0n) is 21.0. The van der Waals surface area contributed by atoms with E-state index in [9.17, 15) is 18.0 Å². The Balaban J connectivity index is 1.42. The molecule has 36 heavy (non-hydrogen) atoms. The highest BCUT2D eigenvalue weighted by molar-refractivity contribution is 5.81. The predicted molar refractivity (Wildman–Crippen MR) is 134 cm³/mol. The summed E-state index contributed by atoms with van der Waals surface area (Å²) in [7, 11) is 3.84. The van der Waals surface area contributed by atoms with Crippen molar-refractivity contribution < 1.29 is 22.7 Å². The third-order valence-electron chi connectivity index (χ3n) is 6.67. The molecule has 1 amide bonds. The van der Waals surface area contributed by atoms with Gasteiger partial charge in [0.15, 0.2) is 0 Å². The topological polar surface area (TPSA) is 48.1 Å². The van der Waals surface area contributed by atoms with E-state index in [0.29, 0.717) is 18.7 Å². The van der Waals surface area contributed by atoms with Crippen LogP contribution in [0.3, 0.4) is 0 Å². The maximum Gasteiger partial charge on any atom is 0.573 e. The molecule has 0 atom stereocenters. The molecular weight excluding hydrogens is 469 g/mol. The van der Waals surface area contributed by atoms with Crippen LogP contribution >= 0.6 is 0 Å². The highest BCUT2D eigenvalue weighted by atomic mass is 19.4. The van der Waals surface area contributed by atoms with E-state index < -0.39 is 6.36 Å². The number of rotatable bonds is 11. The number of ether oxygens (including phenoxy) is 1. The SMILES string of the molecule is CN(C)CCN(Cc1cccc(OC(F)(F)F)c1)C(=O)CNc1cccc2c1CN(CC1CC1)CC2. The number of anilines is 1. The van der Waals surface area contributed by atoms with Gasteiger partial charge in [0, 0.05) is 45.0 Å². The Labute approximate surface area is 211 Å². The predicted octanol–water partition coefficient (Wildman–Crippen LogP) is 4.36. The van der Waals surface area contributed by atoms with Crippen LogP contribution in [-0.2, 0) is 24.3 Å². The summed E-state index contributed by atoms with van der Waals surface area (Å²) in [5, 5.41) is 3.35. The number of halogens is 3. The van der Waals surface area contributed by atoms with E-state index in [2.05, 4.69) is 21.0 Å². The number of fused-ring (bicyclic) bond motifs is 1. The fraction of sp³-hybridized carbons (Fsp3) is 0.519. The van der Waals surface area contributed by atoms with E-state index in [-0.39, 0.29) is 24.7 Å². The molecular formula is C27H35F3N4O2. The second kappa shape index (κ2) is 11.5. The molecule has 1 aliphatic heterocycles. The summed E-state index contributed by atoms with van der Waals surface area (Å²) in [5.74, 6) is 0.436. The number of hydrogen-bond acceptors (Lipinski definition) is 5. The number of nitrogens with one attached hydrogen (secondary N) is 1. The minimum Gasteiger partial charge on any atom is -0.406 e. The maximum absolute atomic E-state index is 13.3. The third-order valence-corrected chi connectivity index (χ3v) is 6.67. The molecule has 0 bridgehead atoms. The van der Waals surface area contributed by atoms with E-state index in [4.69, 9.17) is 0 Å². The normalized spacial score (nSPS) is 16.1. The van der Waals surface area contributed by atoms with E-state index >= 15 is 0 Å². The minimum atomic E-state index is -4.76. The molecule has 196 valence electrons. The quantitative estimate of drug-likeness (QED) is 0.493. The van der Waals surface area contributed by atoms with Crippen LogP contribution in [0.25, 0.3) is 0 Å². The summed E-state index contributed by atoms with van der Waals surface area (Å²) in [6.07, 6.45) is -1.10. The molecule has 0 aromatic heterocycles. The van der Waals surface area contributed by atoms with Crippen molar-refractivity contribution >= 4 is 11.6 Å². The average Bonchev–Trinajstić information content (AvgIpc) is 3.63. The summed E-state index contributed by atoms with van der Waals surface area (Å²) < 4.78 is 42.0. The van der Waals surface area contributed by atoms with Crippen molar-refractivity contribution in [2.75, 3.05) is 52.1 Å². The molecule has 1 saturated carbocycles. The van der Waals surface area contributed by atoms with Gasteiger partial charge in [-0.25, -0.2) is 0 Å². The third kappa shape index (κ3) is 7.86. The van der Waals surface area contributed by atoms with Crippen molar-refractivity contribution in [3.63, 3.8) is 0 Å². The number of amides is 1. The van der Waals surface area contributed by atoms with Crippen molar-refractivity contribution in [3.8, 4) is 5.75 Å². The summed E-state index contributed by atoms with van der Waals surface area (Å²) in [6, 6.07) is 12.0. The number of likely N-dealkylation sites (N-methyl/N-ethyl adjacent to an activating group) is 1. The zero-order chi connectivity index (χ0) is 25.7. The molecule has 1 heterocycles. The Morgan fingerprint density at radius 2 is 1.92 bits per heavy atom. The number of hydrogen-bond donors (Lipinski definition) is 1. The summed E-state index contributed by atoms with van der Waals surface area (Å²) in [5.41, 5.74) is 4.14. The Morgan fingerprint density at radius 3 is 2.64 bits per heavy atom. The number of nitrogens with zero attached hydrogens (tertiary/aromatic N) is 3. The van der Waals surface area contributed by atoms with Crippen molar-refractivity contribution in [1.29, 1.82) is 0 Å². The number of carbonyl (C=O) groups is 1. The maximum atomic E-state index is 13.3. The molecule has 0 saturated heterocycles. The summed E-state index contributed by atoms with van der Waals surface area (Å²) >= 11 is 0. The smallest absolute Gasteiger partial charge is 0.406 e. The minimum absolute atomic E-state index is 0.109. The first-order chi connectivity index (χ1) is 17.2. The van der Waals surface area contributed by atoms with Crippen molar-refractivity contribution in [3.05, 3.63) is 59.2 Å². The number of alkyl halides is 3. The van der Waals surface area contributed by atoms with Crippen molar-refractivity contribution in [2.45, 2.75) is 38.7 Å². The van der Waals surface area contributed by atoms with E-state index in [0.717, 1.165) is 37.7 Å². The molecule has 0 spiro atoms. The Hall–Kier alpha value is -2.78. The van der Waals surface area contributed by atoms with E-state index in [1.165, 1.54) is 42.2 Å². The molecule has 6 nitrogen and oxygen atoms in total. The van der Waals surface area contributed by atoms with Gasteiger partial charge in [-0.05, 0) is 74.2 Å². The first kappa shape index (κ1) is 26.3. The molecule has 1 N–H and O–H groups in total. The van der Waals surface area contributed by atoms with Crippen molar-refractivity contribution in [2.24, 2.45) is 5.92 Å². The van der Waals surface area contributed by atoms with Crippen LogP contribution in [0.2, 0.25) is 0 Å². The van der Waals surface area contributed by atoms with Gasteiger partial charge in [-0.2, -0.15) is 0 Å².